The van der Waals surface area contributed by atoms with Crippen LogP contribution in [0, 0.1) is 0 Å². The molecular weight excluding hydrogens is 208 g/mol. The highest BCUT2D eigenvalue weighted by Gasteiger charge is 1.90. The van der Waals surface area contributed by atoms with E-state index in [1.807, 2.05) is 0 Å². The number of hydrogen-bond acceptors (Lipinski definition) is 2. The van der Waals surface area contributed by atoms with Crippen molar-refractivity contribution in [3.63, 3.8) is 0 Å². The first-order valence-electron chi connectivity index (χ1n) is 1.77. The van der Waals surface area contributed by atoms with E-state index in [1.54, 1.807) is 26.7 Å². The number of nitrogens with zero attached hydrogens (tertiary/aromatic N) is 2. The molecule has 8 heavy (non-hydrogen) atoms. The van der Waals surface area contributed by atoms with Crippen molar-refractivity contribution in [2.45, 2.75) is 0 Å². The minimum atomic E-state index is 0. The second-order valence-electron chi connectivity index (χ2n) is 1.17. The quantitative estimate of drug-likeness (QED) is 0.339. The highest BCUT2D eigenvalue weighted by atomic mass is 79.9. The fraction of sp³-hybridized carbons (Fsp3) is 0. The zero-order valence-corrected chi connectivity index (χ0v) is 7.27. The van der Waals surface area contributed by atoms with Gasteiger partial charge in [-0.1, -0.05) is 0 Å². The maximum atomic E-state index is 3.95. The largest absolute Gasteiger partial charge is 1.00 e. The van der Waals surface area contributed by atoms with Crippen LogP contribution in [0.5, 0.6) is 0 Å². The average molecular weight is 213 g/mol. The Hall–Kier alpha value is 0.390. The predicted molar refractivity (Wildman–Crippen MR) is 33.4 cm³/mol. The lowest BCUT2D eigenvalue weighted by Crippen LogP contribution is -3.00. The van der Waals surface area contributed by atoms with Gasteiger partial charge < -0.3 is 17.0 Å². The summed E-state index contributed by atoms with van der Waals surface area (Å²) in [5.41, 5.74) is 0. The van der Waals surface area contributed by atoms with Crippen molar-refractivity contribution in [1.82, 2.24) is 3.97 Å². The van der Waals surface area contributed by atoms with Crippen LogP contribution in [0.15, 0.2) is 18.7 Å². The van der Waals surface area contributed by atoms with Gasteiger partial charge in [-0.25, -0.2) is 0 Å². The third kappa shape index (κ3) is 2.11. The molecule has 46 valence electrons. The first-order valence-corrected chi connectivity index (χ1v) is 2.57. The molecule has 2 nitrogen and oxygen atoms in total. The first-order chi connectivity index (χ1) is 3.29. The standard InChI is InChI=1S/C3H5N2S2.BrH/c6-4-1-2-5(7)3-4;/h1-3,6-7H;1H/q+1;/p-1. The molecule has 0 spiro atoms. The molecule has 1 aromatic rings. The fourth-order valence-corrected chi connectivity index (χ4v) is 0.758. The summed E-state index contributed by atoms with van der Waals surface area (Å²) in [6, 6.07) is 0. The highest BCUT2D eigenvalue weighted by molar-refractivity contribution is 7.78. The van der Waals surface area contributed by atoms with Crippen molar-refractivity contribution < 1.29 is 21.0 Å². The highest BCUT2D eigenvalue weighted by Crippen LogP contribution is 1.83. The van der Waals surface area contributed by atoms with Crippen molar-refractivity contribution in [3.8, 4) is 0 Å². The molecule has 0 N–H and O–H groups in total. The first kappa shape index (κ1) is 8.39. The normalized spacial score (nSPS) is 8.25. The smallest absolute Gasteiger partial charge is 0.267 e. The third-order valence-electron chi connectivity index (χ3n) is 0.609. The Morgan fingerprint density at radius 1 is 1.50 bits per heavy atom. The van der Waals surface area contributed by atoms with Crippen LogP contribution in [-0.4, -0.2) is 3.97 Å². The average Bonchev–Trinajstić information content (AvgIpc) is 1.87. The van der Waals surface area contributed by atoms with Crippen LogP contribution in [0.3, 0.4) is 0 Å². The summed E-state index contributed by atoms with van der Waals surface area (Å²) in [4.78, 5) is 0. The molecule has 0 saturated heterocycles. The van der Waals surface area contributed by atoms with Crippen LogP contribution in [0.4, 0.5) is 0 Å². The number of rotatable bonds is 0. The minimum Gasteiger partial charge on any atom is -1.00 e. The van der Waals surface area contributed by atoms with Crippen LogP contribution in [0.1, 0.15) is 0 Å². The summed E-state index contributed by atoms with van der Waals surface area (Å²) in [6.07, 6.45) is 5.30. The van der Waals surface area contributed by atoms with E-state index >= 15 is 0 Å². The van der Waals surface area contributed by atoms with E-state index in [1.165, 1.54) is 0 Å². The van der Waals surface area contributed by atoms with Crippen molar-refractivity contribution in [2.75, 3.05) is 0 Å². The zero-order valence-electron chi connectivity index (χ0n) is 3.90. The van der Waals surface area contributed by atoms with Crippen molar-refractivity contribution in [1.29, 1.82) is 0 Å². The van der Waals surface area contributed by atoms with E-state index in [0.717, 1.165) is 0 Å². The van der Waals surface area contributed by atoms with E-state index in [-0.39, 0.29) is 17.0 Å². The summed E-state index contributed by atoms with van der Waals surface area (Å²) >= 11 is 7.90. The lowest BCUT2D eigenvalue weighted by Gasteiger charge is -1.69. The van der Waals surface area contributed by atoms with Crippen LogP contribution < -0.4 is 21.0 Å². The second-order valence-corrected chi connectivity index (χ2v) is 2.10. The molecule has 0 radical (unpaired) electrons. The Labute approximate surface area is 69.4 Å². The molecule has 0 amide bonds. The van der Waals surface area contributed by atoms with Gasteiger partial charge in [-0.3, -0.25) is 0 Å². The van der Waals surface area contributed by atoms with Crippen LogP contribution in [0.25, 0.3) is 0 Å². The number of thiol groups is 2. The van der Waals surface area contributed by atoms with Gasteiger partial charge in [0.25, 0.3) is 6.33 Å². The second kappa shape index (κ2) is 3.42. The molecule has 0 atom stereocenters. The SMILES string of the molecule is Sn1cc[n+](S)c1.[Br-]. The van der Waals surface area contributed by atoms with E-state index in [9.17, 15) is 0 Å². The molecule has 1 aromatic heterocycles. The minimum absolute atomic E-state index is 0. The van der Waals surface area contributed by atoms with Gasteiger partial charge in [-0.2, -0.15) is 7.94 Å². The summed E-state index contributed by atoms with van der Waals surface area (Å²) in [5.74, 6) is 0. The van der Waals surface area contributed by atoms with E-state index in [4.69, 9.17) is 0 Å². The predicted octanol–water partition coefficient (Wildman–Crippen LogP) is -2.83. The molecule has 5 heteroatoms. The Morgan fingerprint density at radius 2 is 2.12 bits per heavy atom. The molecule has 1 heterocycles. The van der Waals surface area contributed by atoms with Gasteiger partial charge in [0, 0.05) is 25.6 Å². The molecule has 0 unspecified atom stereocenters. The third-order valence-corrected chi connectivity index (χ3v) is 1.08. The van der Waals surface area contributed by atoms with Gasteiger partial charge in [0.15, 0.2) is 0 Å². The van der Waals surface area contributed by atoms with Gasteiger partial charge in [0.2, 0.25) is 0 Å². The molecule has 0 aliphatic heterocycles. The van der Waals surface area contributed by atoms with Crippen molar-refractivity contribution in [2.24, 2.45) is 0 Å². The van der Waals surface area contributed by atoms with Crippen molar-refractivity contribution in [3.05, 3.63) is 18.7 Å². The van der Waals surface area contributed by atoms with E-state index < -0.39 is 0 Å². The molecule has 0 fully saturated rings. The maximum absolute atomic E-state index is 3.95. The number of hydrogen-bond donors (Lipinski definition) is 2. The molecule has 0 aliphatic rings. The number of halogens is 1. The Bertz CT molecular complexity index is 148. The van der Waals surface area contributed by atoms with E-state index in [2.05, 4.69) is 25.6 Å². The van der Waals surface area contributed by atoms with Gasteiger partial charge in [0.05, 0.1) is 0 Å². The Balaban J connectivity index is 0.000000490. The Morgan fingerprint density at radius 3 is 2.25 bits per heavy atom. The molecule has 0 aromatic carbocycles. The van der Waals surface area contributed by atoms with E-state index in [0.29, 0.717) is 0 Å². The Kier molecular flexibility index (Phi) is 3.59. The van der Waals surface area contributed by atoms with Crippen LogP contribution in [-0.2, 0) is 0 Å². The van der Waals surface area contributed by atoms with Gasteiger partial charge in [-0.15, -0.1) is 0 Å². The van der Waals surface area contributed by atoms with Crippen LogP contribution in [0.2, 0.25) is 0 Å². The molecule has 1 rings (SSSR count). The summed E-state index contributed by atoms with van der Waals surface area (Å²) in [5, 5.41) is 0. The lowest BCUT2D eigenvalue weighted by molar-refractivity contribution is -0.487. The maximum Gasteiger partial charge on any atom is 0.267 e. The monoisotopic (exact) mass is 212 g/mol. The molecular formula is C3H5BrN2S2. The zero-order chi connectivity index (χ0) is 5.28. The fourth-order valence-electron chi connectivity index (χ4n) is 0.335. The number of imidazole rings is 1. The van der Waals surface area contributed by atoms with Crippen molar-refractivity contribution >= 4 is 25.6 Å². The molecule has 0 bridgehead atoms. The lowest BCUT2D eigenvalue weighted by atomic mass is 11.0. The van der Waals surface area contributed by atoms with Crippen LogP contribution >= 0.6 is 25.6 Å². The van der Waals surface area contributed by atoms with Gasteiger partial charge >= 0.3 is 0 Å². The van der Waals surface area contributed by atoms with Gasteiger partial charge in [0.1, 0.15) is 12.4 Å². The number of aromatic nitrogens is 2. The molecule has 0 aliphatic carbocycles. The van der Waals surface area contributed by atoms with Gasteiger partial charge in [-0.05, 0) is 0 Å². The topological polar surface area (TPSA) is 8.81 Å². The summed E-state index contributed by atoms with van der Waals surface area (Å²) in [6.45, 7) is 0. The summed E-state index contributed by atoms with van der Waals surface area (Å²) < 4.78 is 3.24. The summed E-state index contributed by atoms with van der Waals surface area (Å²) in [7, 11) is 0. The molecule has 0 saturated carbocycles.